The van der Waals surface area contributed by atoms with E-state index < -0.39 is 0 Å². The number of hydrogen-bond donors (Lipinski definition) is 2. The van der Waals surface area contributed by atoms with Crippen LogP contribution in [0.15, 0.2) is 71.6 Å². The molecule has 1 saturated heterocycles. The molecular formula is C27H29N3O3S. The second-order valence-corrected chi connectivity index (χ2v) is 9.27. The van der Waals surface area contributed by atoms with Crippen molar-refractivity contribution in [2.75, 3.05) is 47.6 Å². The zero-order valence-electron chi connectivity index (χ0n) is 19.5. The topological polar surface area (TPSA) is 70.7 Å². The van der Waals surface area contributed by atoms with Gasteiger partial charge in [0.25, 0.3) is 5.91 Å². The highest BCUT2D eigenvalue weighted by Crippen LogP contribution is 2.27. The molecule has 0 bridgehead atoms. The SMILES string of the molecule is Cc1ccc(NC(=O)CSc2ccccc2C(=O)Nc2ccc(N3CCOCC3)cc2C)cc1. The molecule has 2 N–H and O–H groups in total. The molecule has 3 aromatic carbocycles. The van der Waals surface area contributed by atoms with E-state index in [9.17, 15) is 9.59 Å². The Bertz CT molecular complexity index is 1160. The van der Waals surface area contributed by atoms with Crippen molar-refractivity contribution in [3.8, 4) is 0 Å². The fourth-order valence-corrected chi connectivity index (χ4v) is 4.60. The third-order valence-electron chi connectivity index (χ3n) is 5.66. The van der Waals surface area contributed by atoms with E-state index in [4.69, 9.17) is 4.74 Å². The van der Waals surface area contributed by atoms with Crippen molar-refractivity contribution < 1.29 is 14.3 Å². The van der Waals surface area contributed by atoms with E-state index in [1.54, 1.807) is 6.07 Å². The summed E-state index contributed by atoms with van der Waals surface area (Å²) in [6, 6.07) is 21.1. The molecule has 7 heteroatoms. The van der Waals surface area contributed by atoms with Crippen molar-refractivity contribution in [2.45, 2.75) is 18.7 Å². The normalized spacial score (nSPS) is 13.4. The Balaban J connectivity index is 1.39. The monoisotopic (exact) mass is 475 g/mol. The lowest BCUT2D eigenvalue weighted by Crippen LogP contribution is -2.36. The maximum absolute atomic E-state index is 13.1. The van der Waals surface area contributed by atoms with Gasteiger partial charge in [-0.25, -0.2) is 0 Å². The highest BCUT2D eigenvalue weighted by Gasteiger charge is 2.16. The number of morpholine rings is 1. The van der Waals surface area contributed by atoms with Crippen molar-refractivity contribution in [1.29, 1.82) is 0 Å². The van der Waals surface area contributed by atoms with Gasteiger partial charge in [-0.3, -0.25) is 9.59 Å². The van der Waals surface area contributed by atoms with E-state index in [2.05, 4.69) is 21.6 Å². The summed E-state index contributed by atoms with van der Waals surface area (Å²) in [7, 11) is 0. The first kappa shape index (κ1) is 23.9. The summed E-state index contributed by atoms with van der Waals surface area (Å²) in [5, 5.41) is 5.93. The molecule has 176 valence electrons. The number of hydrogen-bond acceptors (Lipinski definition) is 5. The van der Waals surface area contributed by atoms with Crippen molar-refractivity contribution in [1.82, 2.24) is 0 Å². The summed E-state index contributed by atoms with van der Waals surface area (Å²) < 4.78 is 5.43. The summed E-state index contributed by atoms with van der Waals surface area (Å²) >= 11 is 1.35. The Kier molecular flexibility index (Phi) is 7.87. The maximum Gasteiger partial charge on any atom is 0.256 e. The molecular weight excluding hydrogens is 446 g/mol. The van der Waals surface area contributed by atoms with Crippen molar-refractivity contribution in [3.63, 3.8) is 0 Å². The molecule has 0 spiro atoms. The van der Waals surface area contributed by atoms with Gasteiger partial charge in [-0.15, -0.1) is 11.8 Å². The molecule has 2 amide bonds. The molecule has 1 fully saturated rings. The molecule has 34 heavy (non-hydrogen) atoms. The minimum Gasteiger partial charge on any atom is -0.378 e. The highest BCUT2D eigenvalue weighted by atomic mass is 32.2. The van der Waals surface area contributed by atoms with Crippen LogP contribution in [0.3, 0.4) is 0 Å². The van der Waals surface area contributed by atoms with Crippen LogP contribution in [0.25, 0.3) is 0 Å². The lowest BCUT2D eigenvalue weighted by molar-refractivity contribution is -0.113. The van der Waals surface area contributed by atoms with Crippen LogP contribution in [-0.4, -0.2) is 43.9 Å². The number of thioether (sulfide) groups is 1. The molecule has 6 nitrogen and oxygen atoms in total. The van der Waals surface area contributed by atoms with Crippen LogP contribution in [0.4, 0.5) is 17.1 Å². The number of nitrogens with zero attached hydrogens (tertiary/aromatic N) is 1. The number of anilines is 3. The minimum absolute atomic E-state index is 0.112. The molecule has 1 aliphatic rings. The van der Waals surface area contributed by atoms with Gasteiger partial charge in [0.15, 0.2) is 0 Å². The number of benzene rings is 3. The molecule has 3 aromatic rings. The third-order valence-corrected chi connectivity index (χ3v) is 6.73. The van der Waals surface area contributed by atoms with Crippen LogP contribution in [0, 0.1) is 13.8 Å². The predicted molar refractivity (Wildman–Crippen MR) is 139 cm³/mol. The number of carbonyl (C=O) groups is 2. The van der Waals surface area contributed by atoms with E-state index in [1.165, 1.54) is 11.8 Å². The summed E-state index contributed by atoms with van der Waals surface area (Å²) in [5.41, 5.74) is 5.36. The number of ether oxygens (including phenoxy) is 1. The Hall–Kier alpha value is -3.29. The molecule has 4 rings (SSSR count). The van der Waals surface area contributed by atoms with Gasteiger partial charge in [0.2, 0.25) is 5.91 Å². The molecule has 0 radical (unpaired) electrons. The van der Waals surface area contributed by atoms with Crippen LogP contribution < -0.4 is 15.5 Å². The molecule has 0 atom stereocenters. The summed E-state index contributed by atoms with van der Waals surface area (Å²) in [6.45, 7) is 7.20. The molecule has 0 unspecified atom stereocenters. The number of nitrogens with one attached hydrogen (secondary N) is 2. The van der Waals surface area contributed by atoms with Crippen molar-refractivity contribution in [3.05, 3.63) is 83.4 Å². The second kappa shape index (κ2) is 11.2. The summed E-state index contributed by atoms with van der Waals surface area (Å²) in [6.07, 6.45) is 0. The van der Waals surface area contributed by atoms with E-state index in [1.807, 2.05) is 68.4 Å². The predicted octanol–water partition coefficient (Wildman–Crippen LogP) is 5.12. The molecule has 1 aliphatic heterocycles. The minimum atomic E-state index is -0.190. The summed E-state index contributed by atoms with van der Waals surface area (Å²) in [5.74, 6) is -0.0892. The second-order valence-electron chi connectivity index (χ2n) is 8.25. The van der Waals surface area contributed by atoms with Crippen LogP contribution in [-0.2, 0) is 9.53 Å². The lowest BCUT2D eigenvalue weighted by atomic mass is 10.1. The van der Waals surface area contributed by atoms with Crippen molar-refractivity contribution in [2.24, 2.45) is 0 Å². The third kappa shape index (κ3) is 6.18. The average molecular weight is 476 g/mol. The van der Waals surface area contributed by atoms with Gasteiger partial charge in [-0.1, -0.05) is 29.8 Å². The summed E-state index contributed by atoms with van der Waals surface area (Å²) in [4.78, 5) is 28.5. The van der Waals surface area contributed by atoms with Crippen LogP contribution in [0.2, 0.25) is 0 Å². The smallest absolute Gasteiger partial charge is 0.256 e. The maximum atomic E-state index is 13.1. The van der Waals surface area contributed by atoms with E-state index >= 15 is 0 Å². The van der Waals surface area contributed by atoms with Gasteiger partial charge >= 0.3 is 0 Å². The Morgan fingerprint density at radius 3 is 2.41 bits per heavy atom. The zero-order valence-corrected chi connectivity index (χ0v) is 20.3. The molecule has 0 aliphatic carbocycles. The van der Waals surface area contributed by atoms with Crippen LogP contribution in [0.1, 0.15) is 21.5 Å². The van der Waals surface area contributed by atoms with Gasteiger partial charge in [0.05, 0.1) is 24.5 Å². The van der Waals surface area contributed by atoms with Gasteiger partial charge < -0.3 is 20.3 Å². The van der Waals surface area contributed by atoms with Crippen molar-refractivity contribution >= 4 is 40.6 Å². The number of aryl methyl sites for hydroxylation is 2. The van der Waals surface area contributed by atoms with E-state index in [0.29, 0.717) is 5.56 Å². The Morgan fingerprint density at radius 2 is 1.68 bits per heavy atom. The largest absolute Gasteiger partial charge is 0.378 e. The fraction of sp³-hybridized carbons (Fsp3) is 0.259. The molecule has 0 aromatic heterocycles. The average Bonchev–Trinajstić information content (AvgIpc) is 2.86. The number of amides is 2. The first-order chi connectivity index (χ1) is 16.5. The Labute approximate surface area is 204 Å². The van der Waals surface area contributed by atoms with Crippen LogP contribution >= 0.6 is 11.8 Å². The van der Waals surface area contributed by atoms with Crippen LogP contribution in [0.5, 0.6) is 0 Å². The molecule has 1 heterocycles. The number of carbonyl (C=O) groups excluding carboxylic acids is 2. The van der Waals surface area contributed by atoms with Gasteiger partial charge in [0, 0.05) is 35.0 Å². The fourth-order valence-electron chi connectivity index (χ4n) is 3.75. The first-order valence-corrected chi connectivity index (χ1v) is 12.3. The van der Waals surface area contributed by atoms with E-state index in [-0.39, 0.29) is 17.6 Å². The van der Waals surface area contributed by atoms with Gasteiger partial charge in [-0.2, -0.15) is 0 Å². The molecule has 0 saturated carbocycles. The lowest BCUT2D eigenvalue weighted by Gasteiger charge is -2.29. The quantitative estimate of drug-likeness (QED) is 0.464. The highest BCUT2D eigenvalue weighted by molar-refractivity contribution is 8.00. The van der Waals surface area contributed by atoms with Gasteiger partial charge in [-0.05, 0) is 61.9 Å². The van der Waals surface area contributed by atoms with Gasteiger partial charge in [0.1, 0.15) is 0 Å². The standard InChI is InChI=1S/C27H29N3O3S/c1-19-7-9-21(10-8-19)28-26(31)18-34-25-6-4-3-5-23(25)27(32)29-24-12-11-22(17-20(24)2)30-13-15-33-16-14-30/h3-12,17H,13-16,18H2,1-2H3,(H,28,31)(H,29,32). The Morgan fingerprint density at radius 1 is 0.941 bits per heavy atom. The van der Waals surface area contributed by atoms with E-state index in [0.717, 1.165) is 59.4 Å². The first-order valence-electron chi connectivity index (χ1n) is 11.3. The number of rotatable bonds is 7. The zero-order chi connectivity index (χ0) is 23.9.